The molecule has 0 fully saturated rings. The SMILES string of the molecule is CCCCN(CC(=O)Nc1cc(C(C)(C)C)nn1-c1ccc(Cl)cc1)C(=O)c1ccc(Br)cc1. The molecule has 0 saturated carbocycles. The van der Waals surface area contributed by atoms with Gasteiger partial charge in [0.2, 0.25) is 5.91 Å². The fraction of sp³-hybridized carbons (Fsp3) is 0.346. The van der Waals surface area contributed by atoms with Crippen LogP contribution in [0.25, 0.3) is 5.69 Å². The number of hydrogen-bond acceptors (Lipinski definition) is 3. The van der Waals surface area contributed by atoms with Crippen LogP contribution < -0.4 is 5.32 Å². The molecule has 0 bridgehead atoms. The molecule has 0 aliphatic heterocycles. The monoisotopic (exact) mass is 544 g/mol. The van der Waals surface area contributed by atoms with E-state index < -0.39 is 0 Å². The maximum atomic E-state index is 13.1. The van der Waals surface area contributed by atoms with Crippen LogP contribution in [0.3, 0.4) is 0 Å². The van der Waals surface area contributed by atoms with Crippen LogP contribution in [0, 0.1) is 0 Å². The third kappa shape index (κ3) is 6.70. The fourth-order valence-electron chi connectivity index (χ4n) is 3.35. The summed E-state index contributed by atoms with van der Waals surface area (Å²) >= 11 is 9.44. The second-order valence-corrected chi connectivity index (χ2v) is 10.5. The first-order chi connectivity index (χ1) is 16.1. The Morgan fingerprint density at radius 1 is 1.09 bits per heavy atom. The molecule has 34 heavy (non-hydrogen) atoms. The van der Waals surface area contributed by atoms with Crippen molar-refractivity contribution in [1.82, 2.24) is 14.7 Å². The quantitative estimate of drug-likeness (QED) is 0.353. The smallest absolute Gasteiger partial charge is 0.254 e. The van der Waals surface area contributed by atoms with Crippen molar-refractivity contribution >= 4 is 45.2 Å². The summed E-state index contributed by atoms with van der Waals surface area (Å²) in [5, 5.41) is 8.31. The first-order valence-electron chi connectivity index (χ1n) is 11.3. The van der Waals surface area contributed by atoms with Gasteiger partial charge in [0, 0.05) is 33.1 Å². The lowest BCUT2D eigenvalue weighted by Gasteiger charge is -2.22. The van der Waals surface area contributed by atoms with Crippen molar-refractivity contribution in [2.75, 3.05) is 18.4 Å². The number of rotatable bonds is 8. The van der Waals surface area contributed by atoms with E-state index in [-0.39, 0.29) is 23.8 Å². The second-order valence-electron chi connectivity index (χ2n) is 9.19. The van der Waals surface area contributed by atoms with Gasteiger partial charge in [0.15, 0.2) is 0 Å². The predicted molar refractivity (Wildman–Crippen MR) is 141 cm³/mol. The molecule has 0 radical (unpaired) electrons. The van der Waals surface area contributed by atoms with E-state index in [9.17, 15) is 9.59 Å². The lowest BCUT2D eigenvalue weighted by atomic mass is 9.92. The summed E-state index contributed by atoms with van der Waals surface area (Å²) in [6.45, 7) is 8.71. The lowest BCUT2D eigenvalue weighted by Crippen LogP contribution is -2.39. The summed E-state index contributed by atoms with van der Waals surface area (Å²) in [7, 11) is 0. The predicted octanol–water partition coefficient (Wildman–Crippen LogP) is 6.47. The number of anilines is 1. The van der Waals surface area contributed by atoms with Crippen LogP contribution in [0.1, 0.15) is 56.6 Å². The van der Waals surface area contributed by atoms with Crippen molar-refractivity contribution in [3.8, 4) is 5.69 Å². The summed E-state index contributed by atoms with van der Waals surface area (Å²) in [5.74, 6) is 0.0959. The van der Waals surface area contributed by atoms with Gasteiger partial charge >= 0.3 is 0 Å². The molecule has 0 aliphatic rings. The molecule has 8 heteroatoms. The van der Waals surface area contributed by atoms with Crippen molar-refractivity contribution in [3.05, 3.63) is 75.4 Å². The van der Waals surface area contributed by atoms with E-state index in [0.717, 1.165) is 28.7 Å². The number of unbranched alkanes of at least 4 members (excludes halogenated alkanes) is 1. The summed E-state index contributed by atoms with van der Waals surface area (Å²) in [5.41, 5.74) is 1.96. The van der Waals surface area contributed by atoms with Crippen molar-refractivity contribution in [1.29, 1.82) is 0 Å². The number of nitrogens with one attached hydrogen (secondary N) is 1. The number of carbonyl (C=O) groups excluding carboxylic acids is 2. The zero-order chi connectivity index (χ0) is 24.9. The van der Waals surface area contributed by atoms with Crippen molar-refractivity contribution < 1.29 is 9.59 Å². The fourth-order valence-corrected chi connectivity index (χ4v) is 3.74. The van der Waals surface area contributed by atoms with E-state index in [2.05, 4.69) is 48.9 Å². The number of aromatic nitrogens is 2. The molecule has 6 nitrogen and oxygen atoms in total. The topological polar surface area (TPSA) is 67.2 Å². The molecule has 180 valence electrons. The zero-order valence-corrected chi connectivity index (χ0v) is 22.3. The van der Waals surface area contributed by atoms with Crippen LogP contribution in [0.2, 0.25) is 5.02 Å². The molecular formula is C26H30BrClN4O2. The number of amides is 2. The second kappa shape index (κ2) is 11.2. The van der Waals surface area contributed by atoms with Gasteiger partial charge in [-0.1, -0.05) is 61.6 Å². The van der Waals surface area contributed by atoms with Crippen molar-refractivity contribution in [2.45, 2.75) is 46.0 Å². The highest BCUT2D eigenvalue weighted by atomic mass is 79.9. The van der Waals surface area contributed by atoms with Gasteiger partial charge in [-0.25, -0.2) is 4.68 Å². The van der Waals surface area contributed by atoms with Gasteiger partial charge in [-0.15, -0.1) is 0 Å². The van der Waals surface area contributed by atoms with Gasteiger partial charge < -0.3 is 10.2 Å². The first kappa shape index (κ1) is 26.0. The lowest BCUT2D eigenvalue weighted by molar-refractivity contribution is -0.116. The number of carbonyl (C=O) groups is 2. The molecule has 3 rings (SSSR count). The van der Waals surface area contributed by atoms with E-state index >= 15 is 0 Å². The Morgan fingerprint density at radius 2 is 1.74 bits per heavy atom. The molecule has 3 aromatic rings. The Kier molecular flexibility index (Phi) is 8.55. The molecule has 0 saturated heterocycles. The summed E-state index contributed by atoms with van der Waals surface area (Å²) in [6, 6.07) is 16.3. The van der Waals surface area contributed by atoms with Crippen molar-refractivity contribution in [2.24, 2.45) is 0 Å². The number of hydrogen-bond donors (Lipinski definition) is 1. The van der Waals surface area contributed by atoms with Gasteiger partial charge in [-0.05, 0) is 55.0 Å². The molecule has 0 spiro atoms. The van der Waals surface area contributed by atoms with Gasteiger partial charge in [0.1, 0.15) is 12.4 Å². The van der Waals surface area contributed by atoms with Crippen LogP contribution in [0.5, 0.6) is 0 Å². The Bertz CT molecular complexity index is 1140. The highest BCUT2D eigenvalue weighted by molar-refractivity contribution is 9.10. The van der Waals surface area contributed by atoms with Crippen molar-refractivity contribution in [3.63, 3.8) is 0 Å². The minimum atomic E-state index is -0.280. The van der Waals surface area contributed by atoms with Crippen LogP contribution in [0.4, 0.5) is 5.82 Å². The molecule has 0 unspecified atom stereocenters. The number of halogens is 2. The summed E-state index contributed by atoms with van der Waals surface area (Å²) in [6.07, 6.45) is 1.73. The molecule has 1 aromatic heterocycles. The maximum Gasteiger partial charge on any atom is 0.254 e. The van der Waals surface area contributed by atoms with E-state index in [1.165, 1.54) is 0 Å². The number of nitrogens with zero attached hydrogens (tertiary/aromatic N) is 3. The van der Waals surface area contributed by atoms with Crippen LogP contribution >= 0.6 is 27.5 Å². The van der Waals surface area contributed by atoms with E-state index in [4.69, 9.17) is 16.7 Å². The Balaban J connectivity index is 1.84. The average molecular weight is 546 g/mol. The van der Waals surface area contributed by atoms with Gasteiger partial charge in [-0.3, -0.25) is 9.59 Å². The number of benzene rings is 2. The van der Waals surface area contributed by atoms with Gasteiger partial charge in [0.05, 0.1) is 11.4 Å². The molecule has 0 aliphatic carbocycles. The molecule has 2 aromatic carbocycles. The first-order valence-corrected chi connectivity index (χ1v) is 12.5. The molecule has 2 amide bonds. The third-order valence-electron chi connectivity index (χ3n) is 5.31. The molecule has 1 N–H and O–H groups in total. The normalized spacial score (nSPS) is 11.4. The van der Waals surface area contributed by atoms with Crippen LogP contribution in [0.15, 0.2) is 59.1 Å². The van der Waals surface area contributed by atoms with E-state index in [1.807, 2.05) is 30.3 Å². The highest BCUT2D eigenvalue weighted by Gasteiger charge is 2.23. The maximum absolute atomic E-state index is 13.1. The minimum absolute atomic E-state index is 0.0501. The molecule has 1 heterocycles. The Hall–Kier alpha value is -2.64. The van der Waals surface area contributed by atoms with E-state index in [1.54, 1.807) is 33.8 Å². The Labute approximate surface area is 214 Å². The molecular weight excluding hydrogens is 516 g/mol. The summed E-state index contributed by atoms with van der Waals surface area (Å²) in [4.78, 5) is 27.8. The average Bonchev–Trinajstić information content (AvgIpc) is 3.21. The Morgan fingerprint density at radius 3 is 2.32 bits per heavy atom. The largest absolute Gasteiger partial charge is 0.329 e. The standard InChI is InChI=1S/C26H30BrClN4O2/c1-5-6-15-31(25(34)18-7-9-19(27)10-8-18)17-24(33)29-23-16-22(26(2,3)4)30-32(23)21-13-11-20(28)12-14-21/h7-14,16H,5-6,15,17H2,1-4H3,(H,29,33). The zero-order valence-electron chi connectivity index (χ0n) is 19.9. The molecule has 0 atom stereocenters. The summed E-state index contributed by atoms with van der Waals surface area (Å²) < 4.78 is 2.59. The highest BCUT2D eigenvalue weighted by Crippen LogP contribution is 2.27. The van der Waals surface area contributed by atoms with E-state index in [0.29, 0.717) is 22.9 Å². The minimum Gasteiger partial charge on any atom is -0.329 e. The van der Waals surface area contributed by atoms with Gasteiger partial charge in [0.25, 0.3) is 5.91 Å². The third-order valence-corrected chi connectivity index (χ3v) is 6.09. The van der Waals surface area contributed by atoms with Crippen LogP contribution in [-0.4, -0.2) is 39.6 Å². The van der Waals surface area contributed by atoms with Crippen LogP contribution in [-0.2, 0) is 10.2 Å². The van der Waals surface area contributed by atoms with Gasteiger partial charge in [-0.2, -0.15) is 5.10 Å².